The maximum atomic E-state index is 14.4. The van der Waals surface area contributed by atoms with Crippen molar-refractivity contribution in [2.24, 2.45) is 5.73 Å². The van der Waals surface area contributed by atoms with Crippen molar-refractivity contribution in [3.05, 3.63) is 53.1 Å². The molecule has 3 aromatic rings. The minimum Gasteiger partial charge on any atom is -0.366 e. The van der Waals surface area contributed by atoms with Crippen molar-refractivity contribution >= 4 is 17.5 Å². The Kier molecular flexibility index (Phi) is 4.99. The smallest absolute Gasteiger partial charge is 0.366 e. The van der Waals surface area contributed by atoms with E-state index in [0.29, 0.717) is 5.56 Å². The molecule has 2 amide bonds. The second-order valence-electron chi connectivity index (χ2n) is 6.35. The van der Waals surface area contributed by atoms with E-state index in [1.54, 1.807) is 6.92 Å². The number of nitrogens with one attached hydrogen (secondary N) is 1. The summed E-state index contributed by atoms with van der Waals surface area (Å²) in [5.41, 5.74) is 5.32. The summed E-state index contributed by atoms with van der Waals surface area (Å²) in [6.07, 6.45) is -3.57. The maximum Gasteiger partial charge on any atom is 0.408 e. The molecular formula is C18H15F4N5O2. The number of amides is 2. The van der Waals surface area contributed by atoms with Gasteiger partial charge in [-0.15, -0.1) is 0 Å². The van der Waals surface area contributed by atoms with Crippen LogP contribution in [0.4, 0.5) is 17.6 Å². The van der Waals surface area contributed by atoms with E-state index in [-0.39, 0.29) is 28.2 Å². The zero-order valence-electron chi connectivity index (χ0n) is 15.2. The second-order valence-corrected chi connectivity index (χ2v) is 6.35. The molecule has 0 saturated heterocycles. The Labute approximate surface area is 161 Å². The van der Waals surface area contributed by atoms with Crippen LogP contribution in [0.5, 0.6) is 0 Å². The van der Waals surface area contributed by atoms with Gasteiger partial charge in [0, 0.05) is 0 Å². The number of alkyl halides is 3. The number of nitrogens with two attached hydrogens (primary N) is 1. The number of halogens is 4. The fourth-order valence-electron chi connectivity index (χ4n) is 2.74. The number of nitrogens with zero attached hydrogens (tertiary/aromatic N) is 3. The zero-order chi connectivity index (χ0) is 21.5. The van der Waals surface area contributed by atoms with Crippen LogP contribution < -0.4 is 11.1 Å². The van der Waals surface area contributed by atoms with Gasteiger partial charge in [0.1, 0.15) is 11.9 Å². The third-order valence-corrected chi connectivity index (χ3v) is 4.26. The normalized spacial score (nSPS) is 12.8. The van der Waals surface area contributed by atoms with Crippen molar-refractivity contribution < 1.29 is 27.2 Å². The van der Waals surface area contributed by atoms with Crippen molar-refractivity contribution in [1.29, 1.82) is 0 Å². The molecule has 11 heteroatoms. The first-order valence-electron chi connectivity index (χ1n) is 8.32. The second kappa shape index (κ2) is 7.15. The summed E-state index contributed by atoms with van der Waals surface area (Å²) < 4.78 is 53.7. The molecule has 1 aromatic carbocycles. The van der Waals surface area contributed by atoms with Crippen LogP contribution in [0.1, 0.15) is 33.3 Å². The minimum atomic E-state index is -4.63. The number of rotatable bonds is 4. The Balaban J connectivity index is 2.14. The summed E-state index contributed by atoms with van der Waals surface area (Å²) in [4.78, 5) is 28.0. The van der Waals surface area contributed by atoms with Gasteiger partial charge in [-0.2, -0.15) is 18.3 Å². The summed E-state index contributed by atoms with van der Waals surface area (Å²) in [7, 11) is 0. The number of benzene rings is 1. The van der Waals surface area contributed by atoms with Crippen molar-refractivity contribution in [3.8, 4) is 11.3 Å². The number of imidazole rings is 1. The molecule has 0 aliphatic rings. The molecule has 3 rings (SSSR count). The molecular weight excluding hydrogens is 394 g/mol. The average Bonchev–Trinajstić information content (AvgIpc) is 3.05. The highest BCUT2D eigenvalue weighted by atomic mass is 19.4. The first-order chi connectivity index (χ1) is 13.5. The van der Waals surface area contributed by atoms with Crippen LogP contribution in [0.25, 0.3) is 16.9 Å². The van der Waals surface area contributed by atoms with Gasteiger partial charge in [0.2, 0.25) is 5.91 Å². The van der Waals surface area contributed by atoms with Crippen LogP contribution in [0, 0.1) is 12.7 Å². The van der Waals surface area contributed by atoms with Crippen LogP contribution in [0.15, 0.2) is 30.5 Å². The highest BCUT2D eigenvalue weighted by Gasteiger charge is 2.37. The molecule has 0 unspecified atom stereocenters. The van der Waals surface area contributed by atoms with Crippen LogP contribution >= 0.6 is 0 Å². The van der Waals surface area contributed by atoms with Gasteiger partial charge in [-0.05, 0) is 37.6 Å². The minimum absolute atomic E-state index is 0.0298. The molecule has 0 spiro atoms. The zero-order valence-corrected chi connectivity index (χ0v) is 15.2. The first kappa shape index (κ1) is 20.2. The molecule has 0 bridgehead atoms. The van der Waals surface area contributed by atoms with Gasteiger partial charge in [-0.1, -0.05) is 6.07 Å². The summed E-state index contributed by atoms with van der Waals surface area (Å²) in [6.45, 7) is 2.39. The predicted molar refractivity (Wildman–Crippen MR) is 94.6 cm³/mol. The molecule has 29 heavy (non-hydrogen) atoms. The van der Waals surface area contributed by atoms with Crippen LogP contribution in [-0.2, 0) is 0 Å². The third kappa shape index (κ3) is 3.75. The third-order valence-electron chi connectivity index (χ3n) is 4.26. The average molecular weight is 409 g/mol. The highest BCUT2D eigenvalue weighted by Crippen LogP contribution is 2.27. The molecule has 1 atom stereocenters. The Morgan fingerprint density at radius 3 is 2.59 bits per heavy atom. The van der Waals surface area contributed by atoms with Crippen molar-refractivity contribution in [1.82, 2.24) is 19.9 Å². The summed E-state index contributed by atoms with van der Waals surface area (Å²) in [5.74, 6) is -2.72. The molecule has 0 aliphatic carbocycles. The lowest BCUT2D eigenvalue weighted by Gasteiger charge is -2.16. The Morgan fingerprint density at radius 1 is 1.28 bits per heavy atom. The number of carbonyl (C=O) groups is 2. The van der Waals surface area contributed by atoms with E-state index in [1.807, 2.05) is 5.32 Å². The lowest BCUT2D eigenvalue weighted by Crippen LogP contribution is -2.43. The van der Waals surface area contributed by atoms with Gasteiger partial charge in [-0.3, -0.25) is 9.59 Å². The monoisotopic (exact) mass is 409 g/mol. The largest absolute Gasteiger partial charge is 0.408 e. The number of carbonyl (C=O) groups excluding carboxylic acids is 2. The van der Waals surface area contributed by atoms with E-state index in [0.717, 1.165) is 23.7 Å². The summed E-state index contributed by atoms with van der Waals surface area (Å²) >= 11 is 0. The van der Waals surface area contributed by atoms with Gasteiger partial charge in [0.15, 0.2) is 11.3 Å². The molecule has 0 aliphatic heterocycles. The molecule has 0 saturated carbocycles. The molecule has 2 heterocycles. The molecule has 0 fully saturated rings. The topological polar surface area (TPSA) is 102 Å². The van der Waals surface area contributed by atoms with Crippen LogP contribution in [-0.4, -0.2) is 38.6 Å². The Morgan fingerprint density at radius 2 is 1.97 bits per heavy atom. The maximum absolute atomic E-state index is 14.4. The number of aryl methyl sites for hydroxylation is 1. The van der Waals surface area contributed by atoms with Gasteiger partial charge >= 0.3 is 6.18 Å². The Bertz CT molecular complexity index is 1120. The quantitative estimate of drug-likeness (QED) is 0.647. The highest BCUT2D eigenvalue weighted by molar-refractivity contribution is 5.99. The Hall–Kier alpha value is -3.50. The van der Waals surface area contributed by atoms with Crippen LogP contribution in [0.3, 0.4) is 0 Å². The standard InChI is InChI=1S/C18H15F4N5O2/c1-8-6-12(14-10(15(23)28)4-3-5-11(14)19)26-27-13(7-24-16(8)27)17(29)25-9(2)18(20,21)22/h3-7,9H,1-2H3,(H2,23,28)(H,25,29)/t9-/m0/s1. The molecule has 0 radical (unpaired) electrons. The van der Waals surface area contributed by atoms with Crippen molar-refractivity contribution in [2.75, 3.05) is 0 Å². The predicted octanol–water partition coefficient (Wildman–Crippen LogP) is 2.62. The van der Waals surface area contributed by atoms with Gasteiger partial charge in [0.05, 0.1) is 23.0 Å². The summed E-state index contributed by atoms with van der Waals surface area (Å²) in [6, 6.07) is 3.06. The summed E-state index contributed by atoms with van der Waals surface area (Å²) in [5, 5.41) is 5.95. The number of hydrogen-bond acceptors (Lipinski definition) is 4. The van der Waals surface area contributed by atoms with Gasteiger partial charge in [-0.25, -0.2) is 13.9 Å². The van der Waals surface area contributed by atoms with E-state index < -0.39 is 29.8 Å². The first-order valence-corrected chi connectivity index (χ1v) is 8.32. The molecule has 2 aromatic heterocycles. The van der Waals surface area contributed by atoms with E-state index in [1.165, 1.54) is 18.2 Å². The van der Waals surface area contributed by atoms with E-state index in [9.17, 15) is 27.2 Å². The lowest BCUT2D eigenvalue weighted by atomic mass is 10.0. The molecule has 152 valence electrons. The van der Waals surface area contributed by atoms with E-state index >= 15 is 0 Å². The molecule has 7 nitrogen and oxygen atoms in total. The fraction of sp³-hybridized carbons (Fsp3) is 0.222. The number of hydrogen-bond donors (Lipinski definition) is 2. The van der Waals surface area contributed by atoms with Crippen LogP contribution in [0.2, 0.25) is 0 Å². The van der Waals surface area contributed by atoms with E-state index in [4.69, 9.17) is 5.73 Å². The lowest BCUT2D eigenvalue weighted by molar-refractivity contribution is -0.149. The van der Waals surface area contributed by atoms with Crippen molar-refractivity contribution in [2.45, 2.75) is 26.1 Å². The number of primary amides is 1. The van der Waals surface area contributed by atoms with Crippen molar-refractivity contribution in [3.63, 3.8) is 0 Å². The SMILES string of the molecule is Cc1cc(-c2c(F)cccc2C(N)=O)nn2c(C(=O)N[C@@H](C)C(F)(F)F)cnc12. The number of aromatic nitrogens is 3. The fourth-order valence-corrected chi connectivity index (χ4v) is 2.74. The van der Waals surface area contributed by atoms with Gasteiger partial charge < -0.3 is 11.1 Å². The molecule has 3 N–H and O–H groups in total. The van der Waals surface area contributed by atoms with E-state index in [2.05, 4.69) is 10.1 Å². The number of fused-ring (bicyclic) bond motifs is 1. The van der Waals surface area contributed by atoms with Gasteiger partial charge in [0.25, 0.3) is 5.91 Å².